The van der Waals surface area contributed by atoms with E-state index in [2.05, 4.69) is 4.72 Å². The predicted octanol–water partition coefficient (Wildman–Crippen LogP) is 2.59. The molecule has 0 spiro atoms. The van der Waals surface area contributed by atoms with Crippen LogP contribution in [0.4, 0.5) is 0 Å². The van der Waals surface area contributed by atoms with E-state index in [4.69, 9.17) is 21.1 Å². The van der Waals surface area contributed by atoms with Gasteiger partial charge in [-0.2, -0.15) is 0 Å². The van der Waals surface area contributed by atoms with E-state index in [-0.39, 0.29) is 16.5 Å². The molecule has 1 heterocycles. The summed E-state index contributed by atoms with van der Waals surface area (Å²) in [6, 6.07) is 11.7. The van der Waals surface area contributed by atoms with Crippen LogP contribution in [0.2, 0.25) is 5.02 Å². The van der Waals surface area contributed by atoms with Crippen LogP contribution in [-0.2, 0) is 16.6 Å². The van der Waals surface area contributed by atoms with Gasteiger partial charge in [0.2, 0.25) is 10.0 Å². The molecule has 1 aliphatic heterocycles. The van der Waals surface area contributed by atoms with E-state index in [0.717, 1.165) is 5.56 Å². The second-order valence-corrected chi connectivity index (χ2v) is 6.88. The van der Waals surface area contributed by atoms with Gasteiger partial charge in [0, 0.05) is 6.54 Å². The lowest BCUT2D eigenvalue weighted by atomic mass is 10.2. The number of nitrogens with one attached hydrogen (secondary N) is 1. The Morgan fingerprint density at radius 2 is 1.77 bits per heavy atom. The van der Waals surface area contributed by atoms with Crippen molar-refractivity contribution in [2.75, 3.05) is 13.2 Å². The van der Waals surface area contributed by atoms with Crippen LogP contribution in [0, 0.1) is 0 Å². The van der Waals surface area contributed by atoms with Gasteiger partial charge in [-0.1, -0.05) is 29.8 Å². The van der Waals surface area contributed by atoms with Gasteiger partial charge < -0.3 is 9.47 Å². The zero-order valence-corrected chi connectivity index (χ0v) is 13.2. The van der Waals surface area contributed by atoms with E-state index in [1.54, 1.807) is 36.4 Å². The summed E-state index contributed by atoms with van der Waals surface area (Å²) in [5, 5.41) is 0.192. The Bertz CT molecular complexity index is 792. The van der Waals surface area contributed by atoms with Crippen LogP contribution in [0.3, 0.4) is 0 Å². The highest BCUT2D eigenvalue weighted by Gasteiger charge is 2.18. The Kier molecular flexibility index (Phi) is 4.24. The minimum Gasteiger partial charge on any atom is -0.486 e. The molecule has 0 saturated carbocycles. The number of hydrogen-bond acceptors (Lipinski definition) is 4. The summed E-state index contributed by atoms with van der Waals surface area (Å²) < 4.78 is 38.0. The zero-order valence-electron chi connectivity index (χ0n) is 11.6. The number of sulfonamides is 1. The maximum atomic E-state index is 12.3. The Morgan fingerprint density at radius 3 is 2.55 bits per heavy atom. The Balaban J connectivity index is 1.76. The molecule has 5 nitrogen and oxygen atoms in total. The molecule has 0 atom stereocenters. The van der Waals surface area contributed by atoms with Crippen molar-refractivity contribution in [3.8, 4) is 11.5 Å². The number of rotatable bonds is 4. The normalized spacial score (nSPS) is 13.9. The summed E-state index contributed by atoms with van der Waals surface area (Å²) in [5.74, 6) is 1.30. The van der Waals surface area contributed by atoms with Gasteiger partial charge in [-0.3, -0.25) is 0 Å². The van der Waals surface area contributed by atoms with Gasteiger partial charge in [0.1, 0.15) is 18.1 Å². The average molecular weight is 340 g/mol. The topological polar surface area (TPSA) is 64.6 Å². The van der Waals surface area contributed by atoms with Gasteiger partial charge in [-0.05, 0) is 29.8 Å². The SMILES string of the molecule is O=S(=O)(NCc1ccc2c(c1)OCCO2)c1ccccc1Cl. The second-order valence-electron chi connectivity index (χ2n) is 4.73. The number of hydrogen-bond donors (Lipinski definition) is 1. The van der Waals surface area contributed by atoms with Gasteiger partial charge >= 0.3 is 0 Å². The molecule has 7 heteroatoms. The standard InChI is InChI=1S/C15H14ClNO4S/c16-12-3-1-2-4-15(12)22(18,19)17-10-11-5-6-13-14(9-11)21-8-7-20-13/h1-6,9,17H,7-8,10H2. The Morgan fingerprint density at radius 1 is 1.05 bits per heavy atom. The number of fused-ring (bicyclic) bond motifs is 1. The van der Waals surface area contributed by atoms with Crippen LogP contribution in [-0.4, -0.2) is 21.6 Å². The molecule has 0 fully saturated rings. The summed E-state index contributed by atoms with van der Waals surface area (Å²) in [5.41, 5.74) is 0.778. The minimum atomic E-state index is -3.66. The number of benzene rings is 2. The molecule has 1 aliphatic rings. The molecule has 116 valence electrons. The molecule has 0 amide bonds. The van der Waals surface area contributed by atoms with Crippen molar-refractivity contribution in [3.05, 3.63) is 53.1 Å². The van der Waals surface area contributed by atoms with Crippen LogP contribution in [0.5, 0.6) is 11.5 Å². The van der Waals surface area contributed by atoms with Crippen molar-refractivity contribution < 1.29 is 17.9 Å². The smallest absolute Gasteiger partial charge is 0.242 e. The average Bonchev–Trinajstić information content (AvgIpc) is 2.53. The molecule has 0 bridgehead atoms. The first-order valence-corrected chi connectivity index (χ1v) is 8.55. The molecule has 22 heavy (non-hydrogen) atoms. The summed E-state index contributed by atoms with van der Waals surface area (Å²) in [6.45, 7) is 1.15. The van der Waals surface area contributed by atoms with Crippen LogP contribution in [0.1, 0.15) is 5.56 Å². The molecule has 3 rings (SSSR count). The number of halogens is 1. The van der Waals surface area contributed by atoms with E-state index >= 15 is 0 Å². The molecule has 0 radical (unpaired) electrons. The van der Waals surface area contributed by atoms with E-state index in [9.17, 15) is 8.42 Å². The van der Waals surface area contributed by atoms with Crippen molar-refractivity contribution in [3.63, 3.8) is 0 Å². The lowest BCUT2D eigenvalue weighted by Gasteiger charge is -2.19. The van der Waals surface area contributed by atoms with E-state index in [1.807, 2.05) is 0 Å². The van der Waals surface area contributed by atoms with Crippen molar-refractivity contribution in [1.82, 2.24) is 4.72 Å². The molecule has 0 unspecified atom stereocenters. The molecule has 2 aromatic rings. The largest absolute Gasteiger partial charge is 0.486 e. The lowest BCUT2D eigenvalue weighted by molar-refractivity contribution is 0.171. The highest BCUT2D eigenvalue weighted by Crippen LogP contribution is 2.30. The Labute approximate surface area is 133 Å². The van der Waals surface area contributed by atoms with Crippen LogP contribution in [0.25, 0.3) is 0 Å². The Hall–Kier alpha value is -1.76. The maximum absolute atomic E-state index is 12.3. The number of ether oxygens (including phenoxy) is 2. The van der Waals surface area contributed by atoms with Gasteiger partial charge in [-0.15, -0.1) is 0 Å². The third-order valence-electron chi connectivity index (χ3n) is 3.20. The van der Waals surface area contributed by atoms with Gasteiger partial charge in [0.25, 0.3) is 0 Å². The van der Waals surface area contributed by atoms with Crippen LogP contribution >= 0.6 is 11.6 Å². The minimum absolute atomic E-state index is 0.0641. The first-order chi connectivity index (χ1) is 10.6. The third-order valence-corrected chi connectivity index (χ3v) is 5.10. The lowest BCUT2D eigenvalue weighted by Crippen LogP contribution is -2.23. The fraction of sp³-hybridized carbons (Fsp3) is 0.200. The maximum Gasteiger partial charge on any atom is 0.242 e. The van der Waals surface area contributed by atoms with Crippen molar-refractivity contribution in [2.45, 2.75) is 11.4 Å². The zero-order chi connectivity index (χ0) is 15.6. The van der Waals surface area contributed by atoms with Gasteiger partial charge in [0.15, 0.2) is 11.5 Å². The van der Waals surface area contributed by atoms with E-state index in [1.165, 1.54) is 6.07 Å². The van der Waals surface area contributed by atoms with E-state index in [0.29, 0.717) is 24.7 Å². The highest BCUT2D eigenvalue weighted by molar-refractivity contribution is 7.89. The first kappa shape index (κ1) is 15.1. The molecule has 0 aliphatic carbocycles. The molecule has 1 N–H and O–H groups in total. The van der Waals surface area contributed by atoms with Crippen LogP contribution in [0.15, 0.2) is 47.4 Å². The first-order valence-electron chi connectivity index (χ1n) is 6.69. The fourth-order valence-corrected chi connectivity index (χ4v) is 3.65. The van der Waals surface area contributed by atoms with Crippen molar-refractivity contribution in [2.24, 2.45) is 0 Å². The highest BCUT2D eigenvalue weighted by atomic mass is 35.5. The van der Waals surface area contributed by atoms with Gasteiger partial charge in [0.05, 0.1) is 5.02 Å². The summed E-state index contributed by atoms with van der Waals surface area (Å²) in [6.07, 6.45) is 0. The van der Waals surface area contributed by atoms with E-state index < -0.39 is 10.0 Å². The second kappa shape index (κ2) is 6.16. The third kappa shape index (κ3) is 3.19. The van der Waals surface area contributed by atoms with Crippen LogP contribution < -0.4 is 14.2 Å². The quantitative estimate of drug-likeness (QED) is 0.930. The summed E-state index contributed by atoms with van der Waals surface area (Å²) in [4.78, 5) is 0.0641. The molecule has 0 aromatic heterocycles. The van der Waals surface area contributed by atoms with Gasteiger partial charge in [-0.25, -0.2) is 13.1 Å². The fourth-order valence-electron chi connectivity index (χ4n) is 2.12. The molecule has 0 saturated heterocycles. The molecule has 2 aromatic carbocycles. The molecular formula is C15H14ClNO4S. The summed E-state index contributed by atoms with van der Waals surface area (Å²) >= 11 is 5.93. The monoisotopic (exact) mass is 339 g/mol. The summed E-state index contributed by atoms with van der Waals surface area (Å²) in [7, 11) is -3.66. The predicted molar refractivity (Wildman–Crippen MR) is 82.9 cm³/mol. The van der Waals surface area contributed by atoms with Crippen molar-refractivity contribution in [1.29, 1.82) is 0 Å². The molecular weight excluding hydrogens is 326 g/mol. The van der Waals surface area contributed by atoms with Crippen molar-refractivity contribution >= 4 is 21.6 Å².